The van der Waals surface area contributed by atoms with E-state index in [0.717, 1.165) is 6.92 Å². The van der Waals surface area contributed by atoms with Gasteiger partial charge in [-0.25, -0.2) is 0 Å². The van der Waals surface area contributed by atoms with Crippen molar-refractivity contribution in [2.45, 2.75) is 18.0 Å². The molecular weight excluding hydrogens is 263 g/mol. The molecule has 15 heavy (non-hydrogen) atoms. The van der Waals surface area contributed by atoms with E-state index >= 15 is 0 Å². The van der Waals surface area contributed by atoms with Crippen LogP contribution in [-0.4, -0.2) is 36.4 Å². The minimum Gasteiger partial charge on any atom is -0.776 e. The number of hydrogen-bond donors (Lipinski definition) is 5. The Morgan fingerprint density at radius 3 is 1.60 bits per heavy atom. The molecule has 0 saturated heterocycles. The fraction of sp³-hybridized carbons (Fsp3) is 1.00. The molecule has 0 radical (unpaired) electrons. The third-order valence-corrected chi connectivity index (χ3v) is 5.50. The molecule has 9 nitrogen and oxygen atoms in total. The fourth-order valence-corrected chi connectivity index (χ4v) is 3.05. The summed E-state index contributed by atoms with van der Waals surface area (Å²) in [5.41, 5.74) is 4.87. The second-order valence-electron chi connectivity index (χ2n) is 2.54. The first kappa shape index (κ1) is 21.5. The molecule has 0 aliphatic heterocycles. The zero-order valence-corrected chi connectivity index (χ0v) is 11.9. The third-order valence-electron chi connectivity index (χ3n) is 1.46. The Bertz CT molecular complexity index is 260. The topological polar surface area (TPSA) is 196 Å². The van der Waals surface area contributed by atoms with Crippen molar-refractivity contribution < 1.29 is 68.8 Å². The molecule has 88 valence electrons. The van der Waals surface area contributed by atoms with Gasteiger partial charge < -0.3 is 40.5 Å². The molecule has 3 atom stereocenters. The van der Waals surface area contributed by atoms with E-state index in [1.165, 1.54) is 0 Å². The normalized spacial score (nSPS) is 21.3. The van der Waals surface area contributed by atoms with E-state index in [0.29, 0.717) is 0 Å². The minimum absolute atomic E-state index is 0. The van der Waals surface area contributed by atoms with Crippen molar-refractivity contribution in [1.82, 2.24) is 0 Å². The Hall–Kier alpha value is 1.18. The quantitative estimate of drug-likeness (QED) is 0.247. The van der Waals surface area contributed by atoms with Gasteiger partial charge in [0.25, 0.3) is 0 Å². The van der Waals surface area contributed by atoms with Crippen LogP contribution in [0.4, 0.5) is 0 Å². The Morgan fingerprint density at radius 2 is 1.60 bits per heavy atom. The van der Waals surface area contributed by atoms with Crippen LogP contribution in [0.15, 0.2) is 0 Å². The van der Waals surface area contributed by atoms with Gasteiger partial charge in [0.15, 0.2) is 7.60 Å². The van der Waals surface area contributed by atoms with Crippen molar-refractivity contribution in [3.05, 3.63) is 0 Å². The maximum absolute atomic E-state index is 10.6. The molecule has 0 aromatic carbocycles. The predicted molar refractivity (Wildman–Crippen MR) is 44.1 cm³/mol. The van der Waals surface area contributed by atoms with Crippen molar-refractivity contribution in [3.63, 3.8) is 0 Å². The van der Waals surface area contributed by atoms with Gasteiger partial charge in [-0.1, -0.05) is 0 Å². The summed E-state index contributed by atoms with van der Waals surface area (Å²) >= 11 is 0. The Morgan fingerprint density at radius 1 is 1.33 bits per heavy atom. The summed E-state index contributed by atoms with van der Waals surface area (Å²) in [4.78, 5) is 35.9. The summed E-state index contributed by atoms with van der Waals surface area (Å²) in [6.45, 7) is 0.847. The van der Waals surface area contributed by atoms with E-state index < -0.39 is 26.3 Å². The molecule has 0 heterocycles. The smallest absolute Gasteiger partial charge is 0.776 e. The van der Waals surface area contributed by atoms with Gasteiger partial charge in [0.05, 0.1) is 6.04 Å². The molecule has 0 spiro atoms. The maximum Gasteiger partial charge on any atom is 1.00 e. The molecule has 3 unspecified atom stereocenters. The van der Waals surface area contributed by atoms with Crippen molar-refractivity contribution in [3.8, 4) is 0 Å². The first-order valence-corrected chi connectivity index (χ1v) is 6.21. The van der Waals surface area contributed by atoms with Gasteiger partial charge in [-0.2, -0.15) is 0 Å². The van der Waals surface area contributed by atoms with Gasteiger partial charge in [-0.05, 0) is 6.92 Å². The van der Waals surface area contributed by atoms with Crippen LogP contribution in [-0.2, 0) is 9.13 Å². The average Bonchev–Trinajstić information content (AvgIpc) is 1.80. The van der Waals surface area contributed by atoms with Gasteiger partial charge in [-0.15, -0.1) is 0 Å². The van der Waals surface area contributed by atoms with Gasteiger partial charge in [-0.3, -0.25) is 4.57 Å². The molecule has 12 heteroatoms. The van der Waals surface area contributed by atoms with E-state index in [4.69, 9.17) is 25.5 Å². The summed E-state index contributed by atoms with van der Waals surface area (Å²) < 4.78 is 21.1. The minimum atomic E-state index is -5.65. The maximum atomic E-state index is 10.6. The second-order valence-corrected chi connectivity index (χ2v) is 6.39. The molecule has 0 aromatic heterocycles. The van der Waals surface area contributed by atoms with Gasteiger partial charge >= 0.3 is 37.2 Å². The van der Waals surface area contributed by atoms with E-state index in [2.05, 4.69) is 0 Å². The van der Waals surface area contributed by atoms with E-state index in [-0.39, 0.29) is 35.0 Å². The van der Waals surface area contributed by atoms with E-state index in [1.807, 2.05) is 0 Å². The van der Waals surface area contributed by atoms with Crippen LogP contribution in [0.5, 0.6) is 0 Å². The van der Waals surface area contributed by atoms with Crippen molar-refractivity contribution >= 4 is 15.2 Å². The van der Waals surface area contributed by atoms with Crippen molar-refractivity contribution in [2.75, 3.05) is 0 Å². The largest absolute Gasteiger partial charge is 1.00 e. The van der Waals surface area contributed by atoms with Gasteiger partial charge in [0.2, 0.25) is 5.08 Å². The predicted octanol–water partition coefficient (Wildman–Crippen LogP) is -6.12. The molecule has 0 aliphatic rings. The summed E-state index contributed by atoms with van der Waals surface area (Å²) in [6.07, 6.45) is 0. The Balaban J connectivity index is -0.000000720. The monoisotopic (exact) mass is 275 g/mol. The summed E-state index contributed by atoms with van der Waals surface area (Å²) in [7, 11) is -11.1. The summed E-state index contributed by atoms with van der Waals surface area (Å²) in [5.74, 6) is 0. The number of rotatable bonds is 3. The molecule has 0 aromatic rings. The first-order valence-electron chi connectivity index (χ1n) is 3.02. The number of hydrogen-bond acceptors (Lipinski definition) is 5. The van der Waals surface area contributed by atoms with Crippen molar-refractivity contribution in [2.24, 2.45) is 5.73 Å². The van der Waals surface area contributed by atoms with Crippen LogP contribution in [0.3, 0.4) is 0 Å². The third kappa shape index (κ3) is 4.16. The standard InChI is InChI=1S/C3H11NO7P2.Na.H2O/c1-2(4)3(5,12(6,7)8)13(9,10)11;;/h2,5H,4H2,1H3,(H2,6,7,8)(H2,9,10,11);;1H2/q;+1;/p-1. The molecule has 0 bridgehead atoms. The van der Waals surface area contributed by atoms with E-state index in [1.54, 1.807) is 0 Å². The van der Waals surface area contributed by atoms with Crippen LogP contribution < -0.4 is 40.2 Å². The second kappa shape index (κ2) is 6.20. The molecule has 0 amide bonds. The SMILES string of the molecule is CC(N)C(O)(P(=O)([O-])O)P(=O)(O)O.O.[Na+]. The Labute approximate surface area is 108 Å². The van der Waals surface area contributed by atoms with Gasteiger partial charge in [0.1, 0.15) is 0 Å². The Kier molecular flexibility index (Phi) is 8.88. The van der Waals surface area contributed by atoms with E-state index in [9.17, 15) is 14.0 Å². The summed E-state index contributed by atoms with van der Waals surface area (Å²) in [6, 6.07) is -1.82. The average molecular weight is 275 g/mol. The fourth-order valence-electron chi connectivity index (χ4n) is 0.687. The van der Waals surface area contributed by atoms with Crippen LogP contribution in [0.1, 0.15) is 6.92 Å². The number of nitrogens with two attached hydrogens (primary N) is 1. The summed E-state index contributed by atoms with van der Waals surface area (Å²) in [5, 5.41) is 5.42. The molecule has 0 rings (SSSR count). The van der Waals surface area contributed by atoms with Crippen LogP contribution in [0.25, 0.3) is 0 Å². The zero-order valence-electron chi connectivity index (χ0n) is 8.06. The zero-order chi connectivity index (χ0) is 11.1. The van der Waals surface area contributed by atoms with Crippen LogP contribution in [0.2, 0.25) is 0 Å². The van der Waals surface area contributed by atoms with Crippen LogP contribution >= 0.6 is 15.2 Å². The molecule has 8 N–H and O–H groups in total. The molecular formula is C3H12NNaO8P2. The number of aliphatic hydroxyl groups is 1. The molecule has 0 fully saturated rings. The first-order chi connectivity index (χ1) is 5.44. The molecule has 0 saturated carbocycles. The van der Waals surface area contributed by atoms with Crippen molar-refractivity contribution in [1.29, 1.82) is 0 Å². The molecule has 0 aliphatic carbocycles. The van der Waals surface area contributed by atoms with Gasteiger partial charge in [0, 0.05) is 0 Å². The van der Waals surface area contributed by atoms with Crippen LogP contribution in [0, 0.1) is 0 Å².